The van der Waals surface area contributed by atoms with Crippen LogP contribution < -0.4 is 11.1 Å². The summed E-state index contributed by atoms with van der Waals surface area (Å²) in [6.45, 7) is 7.17. The van der Waals surface area contributed by atoms with Gasteiger partial charge in [0, 0.05) is 6.07 Å². The lowest BCUT2D eigenvalue weighted by atomic mass is 9.94. The van der Waals surface area contributed by atoms with E-state index in [0.717, 1.165) is 50.5 Å². The van der Waals surface area contributed by atoms with Gasteiger partial charge in [0.25, 0.3) is 0 Å². The number of hydrogen-bond donors (Lipinski definition) is 2. The fraction of sp³-hybridized carbons (Fsp3) is 0.733. The molecule has 1 fully saturated rings. The largest absolute Gasteiger partial charge is 0.338 e. The molecular formula is C15H26N4O2. The molecular weight excluding hydrogens is 268 g/mol. The maximum absolute atomic E-state index is 12.0. The number of nitrogens with one attached hydrogen (secondary N) is 1. The van der Waals surface area contributed by atoms with Gasteiger partial charge in [0.15, 0.2) is 0 Å². The number of anilines is 1. The molecule has 0 aromatic carbocycles. The molecule has 2 heterocycles. The first kappa shape index (κ1) is 16.0. The minimum absolute atomic E-state index is 0.0428. The van der Waals surface area contributed by atoms with Crippen LogP contribution in [0, 0.1) is 5.92 Å². The normalized spacial score (nSPS) is 17.3. The van der Waals surface area contributed by atoms with E-state index >= 15 is 0 Å². The molecule has 118 valence electrons. The topological polar surface area (TPSA) is 84.4 Å². The van der Waals surface area contributed by atoms with E-state index in [2.05, 4.69) is 15.4 Å². The first-order valence-corrected chi connectivity index (χ1v) is 7.77. The van der Waals surface area contributed by atoms with Gasteiger partial charge >= 0.3 is 0 Å². The third-order valence-corrected chi connectivity index (χ3v) is 4.03. The van der Waals surface area contributed by atoms with Crippen LogP contribution >= 0.6 is 0 Å². The first-order chi connectivity index (χ1) is 10.1. The van der Waals surface area contributed by atoms with E-state index in [9.17, 15) is 4.79 Å². The smallest absolute Gasteiger partial charge is 0.240 e. The molecule has 0 aliphatic carbocycles. The van der Waals surface area contributed by atoms with Gasteiger partial charge in [-0.3, -0.25) is 15.0 Å². The molecule has 1 aromatic rings. The molecule has 0 atom stereocenters. The van der Waals surface area contributed by atoms with Crippen molar-refractivity contribution in [2.45, 2.75) is 39.0 Å². The van der Waals surface area contributed by atoms with Gasteiger partial charge in [-0.2, -0.15) is 0 Å². The van der Waals surface area contributed by atoms with Crippen LogP contribution in [-0.2, 0) is 4.79 Å². The third kappa shape index (κ3) is 4.82. The summed E-state index contributed by atoms with van der Waals surface area (Å²) in [4.78, 5) is 14.2. The van der Waals surface area contributed by atoms with E-state index in [0.29, 0.717) is 18.3 Å². The maximum atomic E-state index is 12.0. The molecule has 0 bridgehead atoms. The van der Waals surface area contributed by atoms with Crippen molar-refractivity contribution in [2.24, 2.45) is 11.7 Å². The Morgan fingerprint density at radius 1 is 1.52 bits per heavy atom. The number of hydrogen-bond acceptors (Lipinski definition) is 5. The minimum Gasteiger partial charge on any atom is -0.338 e. The predicted octanol–water partition coefficient (Wildman–Crippen LogP) is 1.80. The van der Waals surface area contributed by atoms with Crippen LogP contribution in [-0.4, -0.2) is 42.1 Å². The Bertz CT molecular complexity index is 450. The molecule has 2 rings (SSSR count). The monoisotopic (exact) mass is 294 g/mol. The van der Waals surface area contributed by atoms with Crippen LogP contribution in [0.15, 0.2) is 10.6 Å². The number of piperidine rings is 1. The van der Waals surface area contributed by atoms with Crippen LogP contribution in [0.25, 0.3) is 0 Å². The van der Waals surface area contributed by atoms with Gasteiger partial charge in [0.2, 0.25) is 11.8 Å². The summed E-state index contributed by atoms with van der Waals surface area (Å²) in [6, 6.07) is 1.79. The van der Waals surface area contributed by atoms with Crippen molar-refractivity contribution in [1.82, 2.24) is 10.1 Å². The standard InChI is InChI=1S/C15H26N4O2/c1-11(2)13-9-15(21-18-13)17-14(20)10-19-7-4-12(3-6-16)5-8-19/h9,11-12H,3-8,10,16H2,1-2H3,(H,17,20). The number of likely N-dealkylation sites (tertiary alicyclic amines) is 1. The fourth-order valence-electron chi connectivity index (χ4n) is 2.67. The number of nitrogens with two attached hydrogens (primary N) is 1. The zero-order chi connectivity index (χ0) is 15.2. The second-order valence-electron chi connectivity index (χ2n) is 6.12. The summed E-state index contributed by atoms with van der Waals surface area (Å²) in [6.07, 6.45) is 3.35. The van der Waals surface area contributed by atoms with Gasteiger partial charge < -0.3 is 10.3 Å². The zero-order valence-electron chi connectivity index (χ0n) is 13.0. The van der Waals surface area contributed by atoms with Gasteiger partial charge in [-0.1, -0.05) is 19.0 Å². The molecule has 3 N–H and O–H groups in total. The second kappa shape index (κ2) is 7.56. The van der Waals surface area contributed by atoms with E-state index < -0.39 is 0 Å². The summed E-state index contributed by atoms with van der Waals surface area (Å²) in [5.41, 5.74) is 6.44. The van der Waals surface area contributed by atoms with Gasteiger partial charge in [0.1, 0.15) is 0 Å². The van der Waals surface area contributed by atoms with Crippen molar-refractivity contribution >= 4 is 11.8 Å². The van der Waals surface area contributed by atoms with Crippen LogP contribution in [0.2, 0.25) is 0 Å². The van der Waals surface area contributed by atoms with Crippen LogP contribution in [0.3, 0.4) is 0 Å². The highest BCUT2D eigenvalue weighted by molar-refractivity contribution is 5.90. The molecule has 0 spiro atoms. The summed E-state index contributed by atoms with van der Waals surface area (Å²) in [5.74, 6) is 1.40. The number of aromatic nitrogens is 1. The summed E-state index contributed by atoms with van der Waals surface area (Å²) >= 11 is 0. The molecule has 0 radical (unpaired) electrons. The van der Waals surface area contributed by atoms with Gasteiger partial charge in [-0.25, -0.2) is 0 Å². The number of rotatable bonds is 6. The van der Waals surface area contributed by atoms with Gasteiger partial charge in [-0.15, -0.1) is 0 Å². The lowest BCUT2D eigenvalue weighted by Gasteiger charge is -2.31. The van der Waals surface area contributed by atoms with Crippen molar-refractivity contribution in [3.8, 4) is 0 Å². The summed E-state index contributed by atoms with van der Waals surface area (Å²) < 4.78 is 5.12. The van der Waals surface area contributed by atoms with E-state index in [1.54, 1.807) is 6.07 Å². The van der Waals surface area contributed by atoms with E-state index in [4.69, 9.17) is 10.3 Å². The first-order valence-electron chi connectivity index (χ1n) is 7.77. The maximum Gasteiger partial charge on any atom is 0.240 e. The predicted molar refractivity (Wildman–Crippen MR) is 82.1 cm³/mol. The van der Waals surface area contributed by atoms with E-state index in [-0.39, 0.29) is 5.91 Å². The highest BCUT2D eigenvalue weighted by Crippen LogP contribution is 2.20. The Hall–Kier alpha value is -1.40. The molecule has 6 nitrogen and oxygen atoms in total. The lowest BCUT2D eigenvalue weighted by Crippen LogP contribution is -2.39. The molecule has 1 amide bonds. The Balaban J connectivity index is 1.74. The number of nitrogens with zero attached hydrogens (tertiary/aromatic N) is 2. The van der Waals surface area contributed by atoms with Crippen molar-refractivity contribution in [3.63, 3.8) is 0 Å². The zero-order valence-corrected chi connectivity index (χ0v) is 13.0. The summed E-state index contributed by atoms with van der Waals surface area (Å²) in [7, 11) is 0. The molecule has 1 aromatic heterocycles. The summed E-state index contributed by atoms with van der Waals surface area (Å²) in [5, 5.41) is 6.70. The van der Waals surface area contributed by atoms with Crippen molar-refractivity contribution in [2.75, 3.05) is 31.5 Å². The minimum atomic E-state index is -0.0428. The van der Waals surface area contributed by atoms with Gasteiger partial charge in [0.05, 0.1) is 12.2 Å². The average molecular weight is 294 g/mol. The van der Waals surface area contributed by atoms with Crippen LogP contribution in [0.1, 0.15) is 44.7 Å². The highest BCUT2D eigenvalue weighted by Gasteiger charge is 2.20. The molecule has 21 heavy (non-hydrogen) atoms. The van der Waals surface area contributed by atoms with Crippen LogP contribution in [0.5, 0.6) is 0 Å². The van der Waals surface area contributed by atoms with Crippen molar-refractivity contribution < 1.29 is 9.32 Å². The lowest BCUT2D eigenvalue weighted by molar-refractivity contribution is -0.117. The third-order valence-electron chi connectivity index (χ3n) is 4.03. The average Bonchev–Trinajstić information content (AvgIpc) is 2.90. The number of amides is 1. The number of carbonyl (C=O) groups excluding carboxylic acids is 1. The SMILES string of the molecule is CC(C)c1cc(NC(=O)CN2CCC(CCN)CC2)on1. The number of carbonyl (C=O) groups is 1. The molecule has 1 aliphatic heterocycles. The van der Waals surface area contributed by atoms with Gasteiger partial charge in [-0.05, 0) is 50.7 Å². The molecule has 6 heteroatoms. The van der Waals surface area contributed by atoms with E-state index in [1.807, 2.05) is 13.8 Å². The Morgan fingerprint density at radius 2 is 2.24 bits per heavy atom. The Morgan fingerprint density at radius 3 is 2.81 bits per heavy atom. The Kier molecular flexibility index (Phi) is 5.76. The molecule has 1 saturated heterocycles. The fourth-order valence-corrected chi connectivity index (χ4v) is 2.67. The van der Waals surface area contributed by atoms with Crippen LogP contribution in [0.4, 0.5) is 5.88 Å². The van der Waals surface area contributed by atoms with Crippen molar-refractivity contribution in [1.29, 1.82) is 0 Å². The second-order valence-corrected chi connectivity index (χ2v) is 6.12. The highest BCUT2D eigenvalue weighted by atomic mass is 16.5. The molecule has 0 unspecified atom stereocenters. The van der Waals surface area contributed by atoms with E-state index in [1.165, 1.54) is 0 Å². The van der Waals surface area contributed by atoms with Crippen molar-refractivity contribution in [3.05, 3.63) is 11.8 Å². The molecule has 0 saturated carbocycles. The molecule has 1 aliphatic rings. The quantitative estimate of drug-likeness (QED) is 0.835. The Labute approximate surface area is 126 Å².